The Balaban J connectivity index is 1.28. The van der Waals surface area contributed by atoms with E-state index in [1.54, 1.807) is 15.9 Å². The normalized spacial score (nSPS) is 17.0. The van der Waals surface area contributed by atoms with Gasteiger partial charge in [-0.05, 0) is 34.7 Å². The quantitative estimate of drug-likeness (QED) is 0.574. The van der Waals surface area contributed by atoms with E-state index in [1.807, 2.05) is 24.3 Å². The molecule has 3 aromatic rings. The van der Waals surface area contributed by atoms with Crippen LogP contribution >= 0.6 is 0 Å². The van der Waals surface area contributed by atoms with Gasteiger partial charge in [0.2, 0.25) is 5.91 Å². The SMILES string of the molecule is O=C(Cn1cnnn1)N1CCOC(COc2ccc(-n3cncn3)cc2)C1. The molecule has 11 nitrogen and oxygen atoms in total. The summed E-state index contributed by atoms with van der Waals surface area (Å²) in [4.78, 5) is 18.0. The number of carbonyl (C=O) groups excluding carboxylic acids is 1. The number of amides is 1. The monoisotopic (exact) mass is 370 g/mol. The summed E-state index contributed by atoms with van der Waals surface area (Å²) in [5.41, 5.74) is 0.896. The van der Waals surface area contributed by atoms with Gasteiger partial charge in [-0.2, -0.15) is 5.10 Å². The van der Waals surface area contributed by atoms with Crippen LogP contribution in [0.2, 0.25) is 0 Å². The predicted octanol–water partition coefficient (Wildman–Crippen LogP) is -0.440. The molecule has 140 valence electrons. The molecule has 0 spiro atoms. The smallest absolute Gasteiger partial charge is 0.244 e. The minimum absolute atomic E-state index is 0.0483. The van der Waals surface area contributed by atoms with Crippen molar-refractivity contribution in [1.82, 2.24) is 39.9 Å². The van der Waals surface area contributed by atoms with E-state index in [0.717, 1.165) is 11.4 Å². The van der Waals surface area contributed by atoms with Gasteiger partial charge in [0.05, 0.1) is 18.8 Å². The number of carbonyl (C=O) groups is 1. The number of hydrogen-bond donors (Lipinski definition) is 0. The fraction of sp³-hybridized carbons (Fsp3) is 0.375. The molecule has 1 unspecified atom stereocenters. The lowest BCUT2D eigenvalue weighted by Crippen LogP contribution is -2.48. The second kappa shape index (κ2) is 7.91. The first kappa shape index (κ1) is 17.1. The van der Waals surface area contributed by atoms with Crippen LogP contribution in [0.3, 0.4) is 0 Å². The Kier molecular flexibility index (Phi) is 5.01. The molecule has 0 aliphatic carbocycles. The summed E-state index contributed by atoms with van der Waals surface area (Å²) < 4.78 is 14.6. The summed E-state index contributed by atoms with van der Waals surface area (Å²) in [5, 5.41) is 14.9. The average Bonchev–Trinajstić information content (AvgIpc) is 3.41. The van der Waals surface area contributed by atoms with Crippen molar-refractivity contribution in [3.8, 4) is 11.4 Å². The summed E-state index contributed by atoms with van der Waals surface area (Å²) in [5.74, 6) is 0.674. The summed E-state index contributed by atoms with van der Waals surface area (Å²) in [7, 11) is 0. The Morgan fingerprint density at radius 2 is 2.15 bits per heavy atom. The maximum Gasteiger partial charge on any atom is 0.244 e. The lowest BCUT2D eigenvalue weighted by Gasteiger charge is -2.32. The third kappa shape index (κ3) is 4.26. The zero-order chi connectivity index (χ0) is 18.5. The first-order chi connectivity index (χ1) is 13.3. The molecule has 1 aromatic carbocycles. The van der Waals surface area contributed by atoms with Gasteiger partial charge in [-0.25, -0.2) is 14.3 Å². The van der Waals surface area contributed by atoms with Crippen molar-refractivity contribution in [2.24, 2.45) is 0 Å². The van der Waals surface area contributed by atoms with Gasteiger partial charge in [-0.1, -0.05) is 0 Å². The molecule has 1 aliphatic rings. The number of nitrogens with zero attached hydrogens (tertiary/aromatic N) is 8. The second-order valence-corrected chi connectivity index (χ2v) is 5.98. The van der Waals surface area contributed by atoms with Gasteiger partial charge in [-0.15, -0.1) is 5.10 Å². The Bertz CT molecular complexity index is 850. The second-order valence-electron chi connectivity index (χ2n) is 5.98. The van der Waals surface area contributed by atoms with Crippen molar-refractivity contribution in [3.05, 3.63) is 43.2 Å². The number of hydrogen-bond acceptors (Lipinski definition) is 8. The minimum Gasteiger partial charge on any atom is -0.491 e. The lowest BCUT2D eigenvalue weighted by atomic mass is 10.2. The molecule has 27 heavy (non-hydrogen) atoms. The zero-order valence-corrected chi connectivity index (χ0v) is 14.5. The lowest BCUT2D eigenvalue weighted by molar-refractivity contribution is -0.140. The highest BCUT2D eigenvalue weighted by atomic mass is 16.5. The Morgan fingerprint density at radius 3 is 2.89 bits per heavy atom. The molecule has 1 saturated heterocycles. The number of tetrazole rings is 1. The molecule has 0 bridgehead atoms. The molecule has 4 rings (SSSR count). The van der Waals surface area contributed by atoms with Crippen LogP contribution in [0, 0.1) is 0 Å². The molecule has 0 N–H and O–H groups in total. The molecular weight excluding hydrogens is 352 g/mol. The fourth-order valence-corrected chi connectivity index (χ4v) is 2.76. The molecule has 1 aliphatic heterocycles. The summed E-state index contributed by atoms with van der Waals surface area (Å²) in [6.45, 7) is 1.96. The Hall–Kier alpha value is -3.34. The largest absolute Gasteiger partial charge is 0.491 e. The maximum atomic E-state index is 12.3. The Labute approximate surface area is 154 Å². The van der Waals surface area contributed by atoms with Crippen LogP contribution in [0.15, 0.2) is 43.2 Å². The van der Waals surface area contributed by atoms with Gasteiger partial charge in [0.1, 0.15) is 44.0 Å². The zero-order valence-electron chi connectivity index (χ0n) is 14.5. The molecule has 1 fully saturated rings. The van der Waals surface area contributed by atoms with Crippen LogP contribution in [-0.2, 0) is 16.1 Å². The van der Waals surface area contributed by atoms with E-state index in [1.165, 1.54) is 17.3 Å². The van der Waals surface area contributed by atoms with E-state index in [9.17, 15) is 4.79 Å². The van der Waals surface area contributed by atoms with Crippen molar-refractivity contribution in [1.29, 1.82) is 0 Å². The average molecular weight is 370 g/mol. The van der Waals surface area contributed by atoms with E-state index in [0.29, 0.717) is 26.3 Å². The molecule has 0 saturated carbocycles. The van der Waals surface area contributed by atoms with Gasteiger partial charge in [0.25, 0.3) is 0 Å². The van der Waals surface area contributed by atoms with Crippen molar-refractivity contribution < 1.29 is 14.3 Å². The molecule has 2 aromatic heterocycles. The molecule has 11 heteroatoms. The van der Waals surface area contributed by atoms with Crippen LogP contribution < -0.4 is 4.74 Å². The van der Waals surface area contributed by atoms with Gasteiger partial charge < -0.3 is 14.4 Å². The highest BCUT2D eigenvalue weighted by Gasteiger charge is 2.25. The van der Waals surface area contributed by atoms with Crippen LogP contribution in [-0.4, -0.2) is 78.2 Å². The Morgan fingerprint density at radius 1 is 1.26 bits per heavy atom. The number of ether oxygens (including phenoxy) is 2. The van der Waals surface area contributed by atoms with E-state index < -0.39 is 0 Å². The summed E-state index contributed by atoms with van der Waals surface area (Å²) in [6, 6.07) is 7.52. The van der Waals surface area contributed by atoms with Gasteiger partial charge in [0, 0.05) is 6.54 Å². The minimum atomic E-state index is -0.188. The molecule has 0 radical (unpaired) electrons. The number of benzene rings is 1. The standard InChI is InChI=1S/C16H18N8O3/c25-16(8-23-12-18-20-21-23)22-5-6-26-15(7-22)9-27-14-3-1-13(2-4-14)24-11-17-10-19-24/h1-4,10-12,15H,5-9H2. The van der Waals surface area contributed by atoms with Crippen LogP contribution in [0.1, 0.15) is 0 Å². The van der Waals surface area contributed by atoms with E-state index in [4.69, 9.17) is 9.47 Å². The van der Waals surface area contributed by atoms with Crippen molar-refractivity contribution in [2.45, 2.75) is 12.6 Å². The highest BCUT2D eigenvalue weighted by Crippen LogP contribution is 2.16. The van der Waals surface area contributed by atoms with Crippen molar-refractivity contribution >= 4 is 5.91 Å². The molecule has 3 heterocycles. The van der Waals surface area contributed by atoms with Gasteiger partial charge in [0.15, 0.2) is 0 Å². The number of aromatic nitrogens is 7. The van der Waals surface area contributed by atoms with Crippen molar-refractivity contribution in [2.75, 3.05) is 26.3 Å². The molecule has 1 amide bonds. The summed E-state index contributed by atoms with van der Waals surface area (Å²) in [6.07, 6.45) is 4.35. The molecular formula is C16H18N8O3. The molecule has 1 atom stereocenters. The van der Waals surface area contributed by atoms with Gasteiger partial charge >= 0.3 is 0 Å². The van der Waals surface area contributed by atoms with Crippen molar-refractivity contribution in [3.63, 3.8) is 0 Å². The topological polar surface area (TPSA) is 113 Å². The van der Waals surface area contributed by atoms with E-state index in [-0.39, 0.29) is 18.6 Å². The van der Waals surface area contributed by atoms with Crippen LogP contribution in [0.25, 0.3) is 5.69 Å². The van der Waals surface area contributed by atoms with E-state index >= 15 is 0 Å². The van der Waals surface area contributed by atoms with Crippen LogP contribution in [0.4, 0.5) is 0 Å². The predicted molar refractivity (Wildman–Crippen MR) is 91.0 cm³/mol. The van der Waals surface area contributed by atoms with E-state index in [2.05, 4.69) is 25.6 Å². The third-order valence-electron chi connectivity index (χ3n) is 4.14. The third-order valence-corrected chi connectivity index (χ3v) is 4.14. The first-order valence-corrected chi connectivity index (χ1v) is 8.46. The fourth-order valence-electron chi connectivity index (χ4n) is 2.76. The maximum absolute atomic E-state index is 12.3. The van der Waals surface area contributed by atoms with Crippen LogP contribution in [0.5, 0.6) is 5.75 Å². The summed E-state index contributed by atoms with van der Waals surface area (Å²) >= 11 is 0. The first-order valence-electron chi connectivity index (χ1n) is 8.46. The number of morpholine rings is 1. The van der Waals surface area contributed by atoms with Gasteiger partial charge in [-0.3, -0.25) is 4.79 Å². The number of rotatable bonds is 6. The highest BCUT2D eigenvalue weighted by molar-refractivity contribution is 5.76.